The van der Waals surface area contributed by atoms with E-state index in [-0.39, 0.29) is 0 Å². The first-order chi connectivity index (χ1) is 21.5. The number of nitrogens with one attached hydrogen (secondary N) is 1. The van der Waals surface area contributed by atoms with E-state index < -0.39 is 36.9 Å². The number of amides is 1. The highest BCUT2D eigenvalue weighted by Gasteiger charge is 2.28. The average molecular weight is 622 g/mol. The Morgan fingerprint density at radius 2 is 0.977 bits per heavy atom. The summed E-state index contributed by atoms with van der Waals surface area (Å²) >= 11 is 0. The van der Waals surface area contributed by atoms with Gasteiger partial charge in [0.2, 0.25) is 5.91 Å². The fraction of sp³-hybridized carbons (Fsp3) is 0.816. The second kappa shape index (κ2) is 32.9. The molecule has 0 bridgehead atoms. The van der Waals surface area contributed by atoms with Crippen LogP contribution in [0.3, 0.4) is 0 Å². The molecule has 0 aliphatic heterocycles. The van der Waals surface area contributed by atoms with Gasteiger partial charge < -0.3 is 25.7 Å². The molecule has 0 radical (unpaired) electrons. The van der Waals surface area contributed by atoms with Gasteiger partial charge in [0.1, 0.15) is 12.2 Å². The lowest BCUT2D eigenvalue weighted by Gasteiger charge is -2.27. The summed E-state index contributed by atoms with van der Waals surface area (Å²) in [6.07, 6.45) is 35.9. The van der Waals surface area contributed by atoms with Crippen molar-refractivity contribution in [3.05, 3.63) is 36.5 Å². The maximum atomic E-state index is 12.4. The summed E-state index contributed by atoms with van der Waals surface area (Å²) in [6, 6.07) is -1.01. The van der Waals surface area contributed by atoms with Crippen LogP contribution in [0.5, 0.6) is 0 Å². The minimum absolute atomic E-state index is 0.360. The minimum atomic E-state index is -1.29. The average Bonchev–Trinajstić information content (AvgIpc) is 3.03. The Kier molecular flexibility index (Phi) is 31.8. The van der Waals surface area contributed by atoms with Crippen LogP contribution >= 0.6 is 0 Å². The zero-order chi connectivity index (χ0) is 32.5. The molecule has 0 spiro atoms. The fourth-order valence-corrected chi connectivity index (χ4v) is 5.32. The van der Waals surface area contributed by atoms with E-state index in [2.05, 4.69) is 55.6 Å². The first kappa shape index (κ1) is 42.5. The van der Waals surface area contributed by atoms with Gasteiger partial charge in [0.15, 0.2) is 0 Å². The van der Waals surface area contributed by atoms with Crippen molar-refractivity contribution in [2.24, 2.45) is 0 Å². The first-order valence-corrected chi connectivity index (χ1v) is 18.4. The van der Waals surface area contributed by atoms with Gasteiger partial charge in [0.05, 0.1) is 18.8 Å². The molecule has 6 nitrogen and oxygen atoms in total. The second-order valence-electron chi connectivity index (χ2n) is 12.5. The Hall–Kier alpha value is -1.47. The molecule has 6 heteroatoms. The quantitative estimate of drug-likeness (QED) is 0.0382. The van der Waals surface area contributed by atoms with E-state index in [1.54, 1.807) is 0 Å². The van der Waals surface area contributed by atoms with Gasteiger partial charge in [-0.1, -0.05) is 147 Å². The van der Waals surface area contributed by atoms with E-state index in [9.17, 15) is 25.2 Å². The summed E-state index contributed by atoms with van der Waals surface area (Å²) in [7, 11) is 0. The molecule has 0 aromatic carbocycles. The van der Waals surface area contributed by atoms with Crippen molar-refractivity contribution in [2.75, 3.05) is 6.61 Å². The lowest BCUT2D eigenvalue weighted by molar-refractivity contribution is -0.132. The van der Waals surface area contributed by atoms with Crippen molar-refractivity contribution in [2.45, 2.75) is 192 Å². The van der Waals surface area contributed by atoms with Gasteiger partial charge in [0, 0.05) is 0 Å². The summed E-state index contributed by atoms with van der Waals surface area (Å²) in [5.41, 5.74) is 0. The highest BCUT2D eigenvalue weighted by atomic mass is 16.3. The Balaban J connectivity index is 3.90. The van der Waals surface area contributed by atoms with Crippen LogP contribution in [0.25, 0.3) is 0 Å². The normalized spacial score (nSPS) is 15.0. The molecular formula is C38H71NO5. The van der Waals surface area contributed by atoms with Gasteiger partial charge in [0.25, 0.3) is 0 Å². The van der Waals surface area contributed by atoms with Crippen molar-refractivity contribution in [3.63, 3.8) is 0 Å². The van der Waals surface area contributed by atoms with E-state index in [0.717, 1.165) is 57.8 Å². The van der Waals surface area contributed by atoms with E-state index in [1.807, 2.05) is 0 Å². The molecule has 5 N–H and O–H groups in total. The summed E-state index contributed by atoms with van der Waals surface area (Å²) in [5.74, 6) is -0.602. The Labute approximate surface area is 271 Å². The zero-order valence-electron chi connectivity index (χ0n) is 28.6. The standard InChI is InChI=1S/C38H71NO5/c1-3-5-7-9-11-13-15-17-19-21-23-25-27-29-31-35(41)37(43)34(33-40)39-38(44)36(42)32-30-28-26-24-22-20-18-16-14-12-10-8-6-4-2/h7,9,15,17,23,25,34-37,40-43H,3-6,8,10-14,16,18-22,24,26-33H2,1-2H3,(H,39,44)/b9-7+,17-15+,25-23+. The SMILES string of the molecule is CCC/C=C/CC/C=C/CC/C=C/CCCC(O)C(O)C(CO)NC(=O)C(O)CCCCCCCCCCCCCCCC. The van der Waals surface area contributed by atoms with Crippen LogP contribution in [0.15, 0.2) is 36.5 Å². The monoisotopic (exact) mass is 622 g/mol. The maximum absolute atomic E-state index is 12.4. The maximum Gasteiger partial charge on any atom is 0.249 e. The van der Waals surface area contributed by atoms with Crippen molar-refractivity contribution in [1.82, 2.24) is 5.32 Å². The summed E-state index contributed by atoms with van der Waals surface area (Å²) in [6.45, 7) is 3.94. The molecule has 4 atom stereocenters. The van der Waals surface area contributed by atoms with Crippen LogP contribution in [-0.2, 0) is 4.79 Å². The van der Waals surface area contributed by atoms with Crippen LogP contribution in [-0.4, -0.2) is 57.3 Å². The molecule has 0 aliphatic rings. The Morgan fingerprint density at radius 1 is 0.545 bits per heavy atom. The zero-order valence-corrected chi connectivity index (χ0v) is 28.6. The van der Waals surface area contributed by atoms with Gasteiger partial charge in [-0.25, -0.2) is 0 Å². The number of allylic oxidation sites excluding steroid dienone is 6. The Bertz CT molecular complexity index is 707. The van der Waals surface area contributed by atoms with Crippen molar-refractivity contribution in [1.29, 1.82) is 0 Å². The van der Waals surface area contributed by atoms with E-state index in [0.29, 0.717) is 19.3 Å². The van der Waals surface area contributed by atoms with Crippen LogP contribution in [0.4, 0.5) is 0 Å². The van der Waals surface area contributed by atoms with Gasteiger partial charge >= 0.3 is 0 Å². The number of aliphatic hydroxyl groups is 4. The highest BCUT2D eigenvalue weighted by molar-refractivity contribution is 5.80. The molecule has 0 rings (SSSR count). The van der Waals surface area contributed by atoms with E-state index >= 15 is 0 Å². The molecule has 0 saturated carbocycles. The third-order valence-electron chi connectivity index (χ3n) is 8.29. The third-order valence-corrected chi connectivity index (χ3v) is 8.29. The number of carbonyl (C=O) groups is 1. The molecule has 0 heterocycles. The van der Waals surface area contributed by atoms with Crippen molar-refractivity contribution in [3.8, 4) is 0 Å². The molecule has 1 amide bonds. The molecule has 258 valence electrons. The molecule has 44 heavy (non-hydrogen) atoms. The predicted molar refractivity (Wildman–Crippen MR) is 187 cm³/mol. The van der Waals surface area contributed by atoms with Gasteiger partial charge in [-0.05, 0) is 57.8 Å². The molecule has 0 aromatic rings. The van der Waals surface area contributed by atoms with Gasteiger partial charge in [-0.2, -0.15) is 0 Å². The number of hydrogen-bond acceptors (Lipinski definition) is 5. The third kappa shape index (κ3) is 26.9. The fourth-order valence-electron chi connectivity index (χ4n) is 5.32. The van der Waals surface area contributed by atoms with Crippen LogP contribution in [0.2, 0.25) is 0 Å². The second-order valence-corrected chi connectivity index (χ2v) is 12.5. The molecule has 0 fully saturated rings. The first-order valence-electron chi connectivity index (χ1n) is 18.4. The topological polar surface area (TPSA) is 110 Å². The number of aliphatic hydroxyl groups excluding tert-OH is 4. The van der Waals surface area contributed by atoms with Gasteiger partial charge in [-0.3, -0.25) is 4.79 Å². The van der Waals surface area contributed by atoms with Gasteiger partial charge in [-0.15, -0.1) is 0 Å². The largest absolute Gasteiger partial charge is 0.394 e. The number of rotatable bonds is 32. The summed E-state index contributed by atoms with van der Waals surface area (Å²) in [5, 5.41) is 43.4. The lowest BCUT2D eigenvalue weighted by Crippen LogP contribution is -2.53. The molecule has 0 aromatic heterocycles. The molecular weight excluding hydrogens is 550 g/mol. The van der Waals surface area contributed by atoms with E-state index in [1.165, 1.54) is 77.0 Å². The summed E-state index contributed by atoms with van der Waals surface area (Å²) < 4.78 is 0. The smallest absolute Gasteiger partial charge is 0.249 e. The highest BCUT2D eigenvalue weighted by Crippen LogP contribution is 2.14. The minimum Gasteiger partial charge on any atom is -0.394 e. The van der Waals surface area contributed by atoms with Crippen molar-refractivity contribution < 1.29 is 25.2 Å². The lowest BCUT2D eigenvalue weighted by atomic mass is 10.00. The number of carbonyl (C=O) groups excluding carboxylic acids is 1. The number of unbranched alkanes of at least 4 members (excludes halogenated alkanes) is 17. The van der Waals surface area contributed by atoms with E-state index in [4.69, 9.17) is 0 Å². The van der Waals surface area contributed by atoms with Crippen molar-refractivity contribution >= 4 is 5.91 Å². The number of hydrogen-bond donors (Lipinski definition) is 5. The Morgan fingerprint density at radius 3 is 1.43 bits per heavy atom. The molecule has 0 aliphatic carbocycles. The predicted octanol–water partition coefficient (Wildman–Crippen LogP) is 8.62. The van der Waals surface area contributed by atoms with Crippen LogP contribution in [0, 0.1) is 0 Å². The molecule has 0 saturated heterocycles. The van der Waals surface area contributed by atoms with Crippen LogP contribution < -0.4 is 5.32 Å². The molecule has 4 unspecified atom stereocenters. The summed E-state index contributed by atoms with van der Waals surface area (Å²) in [4.78, 5) is 12.4. The van der Waals surface area contributed by atoms with Crippen LogP contribution in [0.1, 0.15) is 168 Å².